The molecule has 126 valence electrons. The molecule has 25 heavy (non-hydrogen) atoms. The summed E-state index contributed by atoms with van der Waals surface area (Å²) in [5.74, 6) is -1.38. The van der Waals surface area contributed by atoms with E-state index in [0.29, 0.717) is 16.6 Å². The SMILES string of the molecule is C=C(c1ccc2c(C(C)=O)ccc(O)c2n1)c1cc(O)c(O)cc1O. The summed E-state index contributed by atoms with van der Waals surface area (Å²) in [5.41, 5.74) is 1.46. The molecule has 6 nitrogen and oxygen atoms in total. The number of carbonyl (C=O) groups excluding carboxylic acids is 1. The van der Waals surface area contributed by atoms with Crippen LogP contribution >= 0.6 is 0 Å². The summed E-state index contributed by atoms with van der Waals surface area (Å²) in [6.45, 7) is 5.28. The molecule has 1 heterocycles. The average molecular weight is 337 g/mol. The van der Waals surface area contributed by atoms with Gasteiger partial charge in [0.25, 0.3) is 0 Å². The fourth-order valence-electron chi connectivity index (χ4n) is 2.62. The molecule has 0 unspecified atom stereocenters. The second-order valence-corrected chi connectivity index (χ2v) is 5.62. The van der Waals surface area contributed by atoms with Crippen LogP contribution in [0.1, 0.15) is 28.5 Å². The molecule has 0 amide bonds. The summed E-state index contributed by atoms with van der Waals surface area (Å²) in [7, 11) is 0. The molecule has 0 radical (unpaired) electrons. The van der Waals surface area contributed by atoms with Gasteiger partial charge in [0.2, 0.25) is 0 Å². The lowest BCUT2D eigenvalue weighted by Gasteiger charge is -2.11. The number of aromatic hydroxyl groups is 4. The van der Waals surface area contributed by atoms with Crippen molar-refractivity contribution >= 4 is 22.3 Å². The van der Waals surface area contributed by atoms with E-state index in [4.69, 9.17) is 0 Å². The van der Waals surface area contributed by atoms with Gasteiger partial charge in [-0.1, -0.05) is 6.58 Å². The molecule has 4 N–H and O–H groups in total. The van der Waals surface area contributed by atoms with Gasteiger partial charge in [0.15, 0.2) is 17.3 Å². The normalized spacial score (nSPS) is 10.8. The van der Waals surface area contributed by atoms with Gasteiger partial charge in [-0.15, -0.1) is 0 Å². The number of carbonyl (C=O) groups is 1. The molecule has 0 spiro atoms. The molecule has 0 atom stereocenters. The van der Waals surface area contributed by atoms with E-state index in [1.165, 1.54) is 25.1 Å². The lowest BCUT2D eigenvalue weighted by atomic mass is 9.99. The van der Waals surface area contributed by atoms with Crippen LogP contribution in [0.5, 0.6) is 23.0 Å². The maximum Gasteiger partial charge on any atom is 0.161 e. The van der Waals surface area contributed by atoms with Crippen LogP contribution in [0.2, 0.25) is 0 Å². The number of Topliss-reactive ketones (excluding diaryl/α,β-unsaturated/α-hetero) is 1. The highest BCUT2D eigenvalue weighted by Gasteiger charge is 2.16. The molecular weight excluding hydrogens is 322 g/mol. The van der Waals surface area contributed by atoms with Crippen molar-refractivity contribution in [1.29, 1.82) is 0 Å². The number of phenols is 4. The number of aromatic nitrogens is 1. The molecule has 0 aliphatic heterocycles. The van der Waals surface area contributed by atoms with Crippen molar-refractivity contribution in [3.8, 4) is 23.0 Å². The van der Waals surface area contributed by atoms with Crippen LogP contribution in [0, 0.1) is 0 Å². The van der Waals surface area contributed by atoms with Crippen molar-refractivity contribution < 1.29 is 25.2 Å². The minimum Gasteiger partial charge on any atom is -0.507 e. The number of pyridine rings is 1. The molecule has 3 rings (SSSR count). The van der Waals surface area contributed by atoms with Gasteiger partial charge in [-0.25, -0.2) is 4.98 Å². The largest absolute Gasteiger partial charge is 0.507 e. The van der Waals surface area contributed by atoms with Crippen molar-refractivity contribution in [2.45, 2.75) is 6.92 Å². The van der Waals surface area contributed by atoms with Gasteiger partial charge in [-0.05, 0) is 37.3 Å². The monoisotopic (exact) mass is 337 g/mol. The third kappa shape index (κ3) is 2.74. The highest BCUT2D eigenvalue weighted by Crippen LogP contribution is 2.38. The zero-order valence-electron chi connectivity index (χ0n) is 13.3. The Morgan fingerprint density at radius 1 is 0.880 bits per heavy atom. The molecule has 0 saturated carbocycles. The van der Waals surface area contributed by atoms with Gasteiger partial charge in [-0.2, -0.15) is 0 Å². The van der Waals surface area contributed by atoms with Crippen LogP contribution in [0.25, 0.3) is 16.5 Å². The number of hydrogen-bond acceptors (Lipinski definition) is 6. The maximum atomic E-state index is 11.7. The second-order valence-electron chi connectivity index (χ2n) is 5.62. The molecule has 3 aromatic rings. The van der Waals surface area contributed by atoms with Crippen LogP contribution in [0.4, 0.5) is 0 Å². The van der Waals surface area contributed by atoms with E-state index in [9.17, 15) is 25.2 Å². The van der Waals surface area contributed by atoms with Crippen LogP contribution in [0.15, 0.2) is 43.0 Å². The zero-order valence-corrected chi connectivity index (χ0v) is 13.3. The Morgan fingerprint density at radius 3 is 2.24 bits per heavy atom. The smallest absolute Gasteiger partial charge is 0.161 e. The third-order valence-electron chi connectivity index (χ3n) is 3.94. The summed E-state index contributed by atoms with van der Waals surface area (Å²) in [5, 5.41) is 39.6. The van der Waals surface area contributed by atoms with E-state index in [0.717, 1.165) is 6.07 Å². The van der Waals surface area contributed by atoms with E-state index in [-0.39, 0.29) is 33.9 Å². The van der Waals surface area contributed by atoms with E-state index >= 15 is 0 Å². The van der Waals surface area contributed by atoms with E-state index < -0.39 is 11.5 Å². The predicted molar refractivity (Wildman–Crippen MR) is 93.0 cm³/mol. The molecule has 0 fully saturated rings. The number of benzene rings is 2. The minimum atomic E-state index is -0.454. The molecular formula is C19H15NO5. The zero-order chi connectivity index (χ0) is 18.3. The highest BCUT2D eigenvalue weighted by atomic mass is 16.3. The summed E-state index contributed by atoms with van der Waals surface area (Å²) in [6, 6.07) is 8.33. The fraction of sp³-hybridized carbons (Fsp3) is 0.0526. The van der Waals surface area contributed by atoms with Gasteiger partial charge in [0, 0.05) is 28.2 Å². The van der Waals surface area contributed by atoms with Gasteiger partial charge < -0.3 is 20.4 Å². The number of hydrogen-bond donors (Lipinski definition) is 4. The topological polar surface area (TPSA) is 111 Å². The predicted octanol–water partition coefficient (Wildman–Crippen LogP) is 3.32. The second kappa shape index (κ2) is 5.83. The molecule has 0 saturated heterocycles. The van der Waals surface area contributed by atoms with Gasteiger partial charge in [0.1, 0.15) is 17.0 Å². The van der Waals surface area contributed by atoms with Crippen molar-refractivity contribution in [1.82, 2.24) is 4.98 Å². The van der Waals surface area contributed by atoms with Crippen LogP contribution in [-0.4, -0.2) is 31.2 Å². The average Bonchev–Trinajstić information content (AvgIpc) is 2.57. The third-order valence-corrected chi connectivity index (χ3v) is 3.94. The molecule has 0 aliphatic rings. The van der Waals surface area contributed by atoms with Crippen molar-refractivity contribution in [2.75, 3.05) is 0 Å². The van der Waals surface area contributed by atoms with E-state index in [2.05, 4.69) is 11.6 Å². The lowest BCUT2D eigenvalue weighted by Crippen LogP contribution is -1.97. The quantitative estimate of drug-likeness (QED) is 0.331. The fourth-order valence-corrected chi connectivity index (χ4v) is 2.62. The van der Waals surface area contributed by atoms with Crippen molar-refractivity contribution in [2.24, 2.45) is 0 Å². The lowest BCUT2D eigenvalue weighted by molar-refractivity contribution is 0.101. The molecule has 6 heteroatoms. The summed E-state index contributed by atoms with van der Waals surface area (Å²) in [6.07, 6.45) is 0. The van der Waals surface area contributed by atoms with E-state index in [1.54, 1.807) is 12.1 Å². The first kappa shape index (κ1) is 16.3. The van der Waals surface area contributed by atoms with Gasteiger partial charge in [0.05, 0.1) is 5.69 Å². The standard InChI is InChI=1S/C19H15NO5/c1-9(13-7-17(24)18(25)8-16(13)23)14-5-3-12-11(10(2)21)4-6-15(22)19(12)20-14/h3-8,22-25H,1H2,2H3. The van der Waals surface area contributed by atoms with Crippen molar-refractivity contribution in [3.05, 3.63) is 59.8 Å². The maximum absolute atomic E-state index is 11.7. The summed E-state index contributed by atoms with van der Waals surface area (Å²) >= 11 is 0. The number of rotatable bonds is 3. The van der Waals surface area contributed by atoms with Crippen LogP contribution < -0.4 is 0 Å². The number of fused-ring (bicyclic) bond motifs is 1. The molecule has 2 aromatic carbocycles. The Hall–Kier alpha value is -3.54. The highest BCUT2D eigenvalue weighted by molar-refractivity contribution is 6.07. The first-order valence-electron chi connectivity index (χ1n) is 7.38. The van der Waals surface area contributed by atoms with Crippen LogP contribution in [-0.2, 0) is 0 Å². The first-order valence-corrected chi connectivity index (χ1v) is 7.38. The van der Waals surface area contributed by atoms with E-state index in [1.807, 2.05) is 0 Å². The first-order chi connectivity index (χ1) is 11.8. The van der Waals surface area contributed by atoms with Gasteiger partial charge >= 0.3 is 0 Å². The van der Waals surface area contributed by atoms with Crippen LogP contribution in [0.3, 0.4) is 0 Å². The molecule has 1 aromatic heterocycles. The Morgan fingerprint density at radius 2 is 1.56 bits per heavy atom. The Bertz CT molecular complexity index is 1040. The minimum absolute atomic E-state index is 0.0903. The summed E-state index contributed by atoms with van der Waals surface area (Å²) < 4.78 is 0. The molecule has 0 bridgehead atoms. The van der Waals surface area contributed by atoms with Gasteiger partial charge in [-0.3, -0.25) is 4.79 Å². The van der Waals surface area contributed by atoms with Crippen molar-refractivity contribution in [3.63, 3.8) is 0 Å². The number of phenolic OH excluding ortho intramolecular Hbond substituents is 4. The Balaban J connectivity index is 2.17. The number of nitrogens with zero attached hydrogens (tertiary/aromatic N) is 1. The number of ketones is 1. The Kier molecular flexibility index (Phi) is 3.81. The molecule has 0 aliphatic carbocycles. The Labute approximate surface area is 142 Å². The summed E-state index contributed by atoms with van der Waals surface area (Å²) in [4.78, 5) is 16.0.